The van der Waals surface area contributed by atoms with Gasteiger partial charge in [0.2, 0.25) is 0 Å². The molecule has 0 spiro atoms. The van der Waals surface area contributed by atoms with Crippen LogP contribution in [-0.2, 0) is 17.9 Å². The molecule has 2 amide bonds. The maximum Gasteiger partial charge on any atom is 0.410 e. The second-order valence-corrected chi connectivity index (χ2v) is 6.45. The van der Waals surface area contributed by atoms with E-state index < -0.39 is 11.9 Å². The molecule has 0 aliphatic carbocycles. The first-order valence-electron chi connectivity index (χ1n) is 8.82. The van der Waals surface area contributed by atoms with E-state index in [9.17, 15) is 14.0 Å². The fraction of sp³-hybridized carbons (Fsp3) is 0.300. The third kappa shape index (κ3) is 4.83. The number of nitrogens with two attached hydrogens (primary N) is 1. The van der Waals surface area contributed by atoms with Crippen LogP contribution in [0, 0.1) is 5.82 Å². The Morgan fingerprint density at radius 3 is 2.74 bits per heavy atom. The lowest BCUT2D eigenvalue weighted by molar-refractivity contribution is 0.0921. The van der Waals surface area contributed by atoms with Gasteiger partial charge in [-0.25, -0.2) is 9.18 Å². The molecule has 3 N–H and O–H groups in total. The van der Waals surface area contributed by atoms with Gasteiger partial charge in [0, 0.05) is 31.2 Å². The summed E-state index contributed by atoms with van der Waals surface area (Å²) in [5, 5.41) is 2.85. The Morgan fingerprint density at radius 2 is 2.00 bits per heavy atom. The van der Waals surface area contributed by atoms with E-state index in [1.165, 1.54) is 18.2 Å². The molecule has 0 bridgehead atoms. The summed E-state index contributed by atoms with van der Waals surface area (Å²) >= 11 is 0. The lowest BCUT2D eigenvalue weighted by Gasteiger charge is -2.17. The standard InChI is InChI=1S/C20H22FN3O3/c21-16-7-6-15(11-22)18(10-16)19(25)23-17-8-9-24(12-17)20(26)27-13-14-4-2-1-3-5-14/h1-7,10,17H,8-9,11-13,22H2,(H,23,25). The van der Waals surface area contributed by atoms with Gasteiger partial charge in [-0.2, -0.15) is 0 Å². The fourth-order valence-electron chi connectivity index (χ4n) is 3.06. The maximum atomic E-state index is 13.5. The Morgan fingerprint density at radius 1 is 1.22 bits per heavy atom. The molecule has 2 aromatic rings. The van der Waals surface area contributed by atoms with Crippen LogP contribution in [0.2, 0.25) is 0 Å². The van der Waals surface area contributed by atoms with Crippen molar-refractivity contribution in [1.29, 1.82) is 0 Å². The third-order valence-electron chi connectivity index (χ3n) is 4.52. The van der Waals surface area contributed by atoms with E-state index in [0.29, 0.717) is 25.1 Å². The number of nitrogens with one attached hydrogen (secondary N) is 1. The average molecular weight is 371 g/mol. The molecule has 142 valence electrons. The van der Waals surface area contributed by atoms with Crippen LogP contribution in [0.4, 0.5) is 9.18 Å². The first-order valence-corrected chi connectivity index (χ1v) is 8.82. The minimum Gasteiger partial charge on any atom is -0.445 e. The summed E-state index contributed by atoms with van der Waals surface area (Å²) in [5.74, 6) is -0.880. The number of rotatable bonds is 5. The van der Waals surface area contributed by atoms with Gasteiger partial charge in [0.1, 0.15) is 12.4 Å². The van der Waals surface area contributed by atoms with Crippen LogP contribution in [0.3, 0.4) is 0 Å². The molecule has 1 unspecified atom stereocenters. The van der Waals surface area contributed by atoms with E-state index >= 15 is 0 Å². The topological polar surface area (TPSA) is 84.7 Å². The molecule has 0 aromatic heterocycles. The van der Waals surface area contributed by atoms with Gasteiger partial charge in [-0.05, 0) is 29.7 Å². The molecule has 0 saturated carbocycles. The number of carbonyl (C=O) groups excluding carboxylic acids is 2. The van der Waals surface area contributed by atoms with Crippen molar-refractivity contribution >= 4 is 12.0 Å². The van der Waals surface area contributed by atoms with Crippen LogP contribution in [0.1, 0.15) is 27.9 Å². The molecule has 1 aliphatic heterocycles. The zero-order chi connectivity index (χ0) is 19.2. The van der Waals surface area contributed by atoms with Crippen molar-refractivity contribution in [3.63, 3.8) is 0 Å². The molecule has 1 atom stereocenters. The number of benzene rings is 2. The van der Waals surface area contributed by atoms with Gasteiger partial charge in [0.15, 0.2) is 0 Å². The summed E-state index contributed by atoms with van der Waals surface area (Å²) in [6.07, 6.45) is 0.198. The van der Waals surface area contributed by atoms with Crippen molar-refractivity contribution in [1.82, 2.24) is 10.2 Å². The zero-order valence-electron chi connectivity index (χ0n) is 14.9. The Balaban J connectivity index is 1.53. The minimum absolute atomic E-state index is 0.144. The predicted octanol–water partition coefficient (Wildman–Crippen LogP) is 2.43. The van der Waals surface area contributed by atoms with Crippen molar-refractivity contribution in [3.8, 4) is 0 Å². The summed E-state index contributed by atoms with van der Waals surface area (Å²) in [5.41, 5.74) is 7.33. The highest BCUT2D eigenvalue weighted by Crippen LogP contribution is 2.15. The molecule has 2 aromatic carbocycles. The zero-order valence-corrected chi connectivity index (χ0v) is 14.9. The third-order valence-corrected chi connectivity index (χ3v) is 4.52. The highest BCUT2D eigenvalue weighted by atomic mass is 19.1. The van der Waals surface area contributed by atoms with E-state index in [1.807, 2.05) is 30.3 Å². The lowest BCUT2D eigenvalue weighted by atomic mass is 10.1. The number of carbonyl (C=O) groups is 2. The lowest BCUT2D eigenvalue weighted by Crippen LogP contribution is -2.39. The summed E-state index contributed by atoms with van der Waals surface area (Å²) in [4.78, 5) is 26.2. The Hall–Kier alpha value is -2.93. The normalized spacial score (nSPS) is 16.2. The molecule has 27 heavy (non-hydrogen) atoms. The number of nitrogens with zero attached hydrogens (tertiary/aromatic N) is 1. The summed E-state index contributed by atoms with van der Waals surface area (Å²) in [7, 11) is 0. The van der Waals surface area contributed by atoms with Gasteiger partial charge in [0.25, 0.3) is 5.91 Å². The van der Waals surface area contributed by atoms with Crippen molar-refractivity contribution in [2.24, 2.45) is 5.73 Å². The first-order chi connectivity index (χ1) is 13.1. The maximum absolute atomic E-state index is 13.5. The number of ether oxygens (including phenoxy) is 1. The predicted molar refractivity (Wildman–Crippen MR) is 98.4 cm³/mol. The summed E-state index contributed by atoms with van der Waals surface area (Å²) in [6.45, 7) is 1.19. The van der Waals surface area contributed by atoms with Gasteiger partial charge in [0.05, 0.1) is 0 Å². The average Bonchev–Trinajstić information content (AvgIpc) is 3.15. The number of amides is 2. The van der Waals surface area contributed by atoms with E-state index in [4.69, 9.17) is 10.5 Å². The SMILES string of the molecule is NCc1ccc(F)cc1C(=O)NC1CCN(C(=O)OCc2ccccc2)C1. The van der Waals surface area contributed by atoms with Crippen molar-refractivity contribution < 1.29 is 18.7 Å². The quantitative estimate of drug-likeness (QED) is 0.845. The molecule has 6 nitrogen and oxygen atoms in total. The molecule has 1 heterocycles. The largest absolute Gasteiger partial charge is 0.445 e. The van der Waals surface area contributed by atoms with Crippen molar-refractivity contribution in [2.45, 2.75) is 25.6 Å². The number of hydrogen-bond acceptors (Lipinski definition) is 4. The number of halogens is 1. The van der Waals surface area contributed by atoms with Crippen LogP contribution in [0.25, 0.3) is 0 Å². The van der Waals surface area contributed by atoms with E-state index in [1.54, 1.807) is 4.90 Å². The van der Waals surface area contributed by atoms with E-state index in [0.717, 1.165) is 5.56 Å². The van der Waals surface area contributed by atoms with Crippen LogP contribution >= 0.6 is 0 Å². The summed E-state index contributed by atoms with van der Waals surface area (Å²) in [6, 6.07) is 13.2. The van der Waals surface area contributed by atoms with Gasteiger partial charge in [-0.3, -0.25) is 4.79 Å². The molecule has 3 rings (SSSR count). The molecular weight excluding hydrogens is 349 g/mol. The number of hydrogen-bond donors (Lipinski definition) is 2. The first kappa shape index (κ1) is 18.8. The molecular formula is C20H22FN3O3. The Kier molecular flexibility index (Phi) is 6.03. The molecule has 1 aliphatic rings. The fourth-order valence-corrected chi connectivity index (χ4v) is 3.06. The highest BCUT2D eigenvalue weighted by molar-refractivity contribution is 5.96. The van der Waals surface area contributed by atoms with Gasteiger partial charge >= 0.3 is 6.09 Å². The highest BCUT2D eigenvalue weighted by Gasteiger charge is 2.29. The van der Waals surface area contributed by atoms with Gasteiger partial charge < -0.3 is 20.7 Å². The monoisotopic (exact) mass is 371 g/mol. The van der Waals surface area contributed by atoms with Gasteiger partial charge in [-0.15, -0.1) is 0 Å². The Labute approximate surface area is 157 Å². The van der Waals surface area contributed by atoms with Crippen LogP contribution in [0.5, 0.6) is 0 Å². The molecule has 7 heteroatoms. The molecule has 1 fully saturated rings. The van der Waals surface area contributed by atoms with Crippen molar-refractivity contribution in [2.75, 3.05) is 13.1 Å². The second-order valence-electron chi connectivity index (χ2n) is 6.45. The van der Waals surface area contributed by atoms with E-state index in [-0.39, 0.29) is 30.7 Å². The minimum atomic E-state index is -0.491. The second kappa shape index (κ2) is 8.64. The van der Waals surface area contributed by atoms with Gasteiger partial charge in [-0.1, -0.05) is 36.4 Å². The summed E-state index contributed by atoms with van der Waals surface area (Å²) < 4.78 is 18.8. The van der Waals surface area contributed by atoms with Crippen LogP contribution in [-0.4, -0.2) is 36.0 Å². The van der Waals surface area contributed by atoms with Crippen LogP contribution in [0.15, 0.2) is 48.5 Å². The molecule has 1 saturated heterocycles. The van der Waals surface area contributed by atoms with E-state index in [2.05, 4.69) is 5.32 Å². The number of likely N-dealkylation sites (tertiary alicyclic amines) is 1. The van der Waals surface area contributed by atoms with Crippen LogP contribution < -0.4 is 11.1 Å². The smallest absolute Gasteiger partial charge is 0.410 e. The van der Waals surface area contributed by atoms with Crippen molar-refractivity contribution in [3.05, 3.63) is 71.0 Å². The molecule has 0 radical (unpaired) electrons. The Bertz CT molecular complexity index is 813.